The Hall–Kier alpha value is -1.67. The van der Waals surface area contributed by atoms with Crippen molar-refractivity contribution >= 4 is 5.91 Å². The van der Waals surface area contributed by atoms with Crippen LogP contribution in [0, 0.1) is 0 Å². The highest BCUT2D eigenvalue weighted by atomic mass is 16.7. The number of carbonyl (C=O) groups excluding carboxylic acids is 1. The second-order valence-corrected chi connectivity index (χ2v) is 16.8. The highest BCUT2D eigenvalue weighted by Gasteiger charge is 2.44. The molecule has 1 aliphatic heterocycles. The second-order valence-electron chi connectivity index (χ2n) is 16.8. The van der Waals surface area contributed by atoms with Crippen LogP contribution in [0.3, 0.4) is 0 Å². The average Bonchev–Trinajstić information content (AvgIpc) is 3.23. The summed E-state index contributed by atoms with van der Waals surface area (Å²) in [6.07, 6.45) is 31.9. The van der Waals surface area contributed by atoms with Crippen molar-refractivity contribution in [2.75, 3.05) is 13.2 Å². The van der Waals surface area contributed by atoms with Crippen molar-refractivity contribution < 1.29 is 50.0 Å². The van der Waals surface area contributed by atoms with E-state index in [1.54, 1.807) is 0 Å². The number of hydrogen-bond acceptors (Lipinski definition) is 10. The number of ether oxygens (including phenoxy) is 2. The molecule has 11 nitrogen and oxygen atoms in total. The second kappa shape index (κ2) is 38.0. The van der Waals surface area contributed by atoms with Crippen LogP contribution in [0.1, 0.15) is 194 Å². The van der Waals surface area contributed by atoms with E-state index in [1.165, 1.54) is 103 Å². The third-order valence-electron chi connectivity index (χ3n) is 11.4. The van der Waals surface area contributed by atoms with Gasteiger partial charge in [-0.25, -0.2) is 0 Å². The number of aliphatic hydroxyl groups is 7. The molecule has 9 unspecified atom stereocenters. The minimum atomic E-state index is -1.67. The molecule has 1 fully saturated rings. The molecule has 0 spiro atoms. The Balaban J connectivity index is 2.48. The van der Waals surface area contributed by atoms with Gasteiger partial charge in [-0.2, -0.15) is 0 Å². The molecule has 11 heteroatoms. The van der Waals surface area contributed by atoms with Gasteiger partial charge in [0.1, 0.15) is 36.6 Å². The molecule has 1 rings (SSSR count). The van der Waals surface area contributed by atoms with E-state index < -0.39 is 74.2 Å². The van der Waals surface area contributed by atoms with E-state index in [1.807, 2.05) is 0 Å². The fraction of sp³-hybridized carbons (Fsp3) is 0.854. The van der Waals surface area contributed by atoms with Crippen molar-refractivity contribution in [1.82, 2.24) is 5.32 Å². The molecule has 9 atom stereocenters. The van der Waals surface area contributed by atoms with Gasteiger partial charge in [-0.1, -0.05) is 166 Å². The van der Waals surface area contributed by atoms with Gasteiger partial charge in [-0.3, -0.25) is 4.79 Å². The van der Waals surface area contributed by atoms with Crippen LogP contribution in [-0.4, -0.2) is 110 Å². The first-order valence-corrected chi connectivity index (χ1v) is 23.9. The SMILES string of the molecule is CCCCC/C=C/CC/C=C/CC/C=C/CCCC(O)C(O)C(COC1OC(CO)C(O)C(O)C1O)NC(=O)C(O)CCCCCCCCCCCCCCCCCC. The number of rotatable bonds is 39. The third-order valence-corrected chi connectivity index (χ3v) is 11.4. The van der Waals surface area contributed by atoms with Gasteiger partial charge in [0.2, 0.25) is 5.91 Å². The standard InChI is InChI=1S/C48H89NO10/c1-3-5-7-9-11-13-15-17-19-21-23-25-27-29-31-33-35-40(51)43(53)39(38-58-48-46(56)45(55)44(54)42(37-50)59-48)49-47(57)41(52)36-34-32-30-28-26-24-22-20-18-16-14-12-10-8-6-4-2/h11,13,19,21,27,29,39-46,48,50-56H,3-10,12,14-18,20,22-26,28,30-38H2,1-2H3,(H,49,57)/b13-11+,21-19+,29-27+. The van der Waals surface area contributed by atoms with Crippen LogP contribution >= 0.6 is 0 Å². The molecule has 0 saturated carbocycles. The third kappa shape index (κ3) is 27.8. The fourth-order valence-electron chi connectivity index (χ4n) is 7.41. The van der Waals surface area contributed by atoms with Crippen LogP contribution in [0.2, 0.25) is 0 Å². The summed E-state index contributed by atoms with van der Waals surface area (Å²) in [5, 5.41) is 75.7. The summed E-state index contributed by atoms with van der Waals surface area (Å²) < 4.78 is 11.1. The summed E-state index contributed by atoms with van der Waals surface area (Å²) in [5.74, 6) is -0.713. The Morgan fingerprint density at radius 3 is 1.51 bits per heavy atom. The van der Waals surface area contributed by atoms with Crippen LogP contribution in [0.5, 0.6) is 0 Å². The monoisotopic (exact) mass is 840 g/mol. The largest absolute Gasteiger partial charge is 0.394 e. The summed E-state index contributed by atoms with van der Waals surface area (Å²) in [5.41, 5.74) is 0. The van der Waals surface area contributed by atoms with Crippen LogP contribution in [0.25, 0.3) is 0 Å². The molecule has 8 N–H and O–H groups in total. The van der Waals surface area contributed by atoms with Gasteiger partial charge in [0.05, 0.1) is 25.4 Å². The van der Waals surface area contributed by atoms with E-state index in [0.29, 0.717) is 19.3 Å². The lowest BCUT2D eigenvalue weighted by atomic mass is 9.98. The van der Waals surface area contributed by atoms with Crippen LogP contribution in [0.15, 0.2) is 36.5 Å². The number of carbonyl (C=O) groups is 1. The molecule has 1 amide bonds. The molecule has 0 aliphatic carbocycles. The molecular weight excluding hydrogens is 751 g/mol. The fourth-order valence-corrected chi connectivity index (χ4v) is 7.41. The minimum Gasteiger partial charge on any atom is -0.394 e. The Morgan fingerprint density at radius 1 is 0.576 bits per heavy atom. The van der Waals surface area contributed by atoms with Crippen LogP contribution in [0.4, 0.5) is 0 Å². The number of unbranched alkanes of at least 4 members (excludes halogenated alkanes) is 21. The average molecular weight is 840 g/mol. The normalized spacial score (nSPS) is 22.1. The highest BCUT2D eigenvalue weighted by Crippen LogP contribution is 2.23. The van der Waals surface area contributed by atoms with E-state index in [9.17, 15) is 40.5 Å². The molecule has 0 aromatic rings. The van der Waals surface area contributed by atoms with Gasteiger partial charge in [0.25, 0.3) is 0 Å². The molecule has 346 valence electrons. The summed E-state index contributed by atoms with van der Waals surface area (Å²) in [4.78, 5) is 13.1. The predicted octanol–water partition coefficient (Wildman–Crippen LogP) is 8.00. The highest BCUT2D eigenvalue weighted by molar-refractivity contribution is 5.80. The summed E-state index contributed by atoms with van der Waals surface area (Å²) in [6.45, 7) is 3.39. The maximum atomic E-state index is 13.1. The Morgan fingerprint density at radius 2 is 1.02 bits per heavy atom. The molecule has 0 radical (unpaired) electrons. The first-order valence-electron chi connectivity index (χ1n) is 23.9. The molecule has 1 saturated heterocycles. The predicted molar refractivity (Wildman–Crippen MR) is 238 cm³/mol. The van der Waals surface area contributed by atoms with E-state index in [-0.39, 0.29) is 12.8 Å². The first-order chi connectivity index (χ1) is 28.7. The maximum Gasteiger partial charge on any atom is 0.249 e. The molecule has 0 aromatic carbocycles. The number of allylic oxidation sites excluding steroid dienone is 6. The van der Waals surface area contributed by atoms with E-state index in [4.69, 9.17) is 9.47 Å². The van der Waals surface area contributed by atoms with Crippen molar-refractivity contribution in [1.29, 1.82) is 0 Å². The lowest BCUT2D eigenvalue weighted by molar-refractivity contribution is -0.303. The van der Waals surface area contributed by atoms with Crippen molar-refractivity contribution in [3.63, 3.8) is 0 Å². The van der Waals surface area contributed by atoms with Crippen LogP contribution < -0.4 is 5.32 Å². The molecule has 59 heavy (non-hydrogen) atoms. The number of amides is 1. The smallest absolute Gasteiger partial charge is 0.249 e. The van der Waals surface area contributed by atoms with Gasteiger partial charge < -0.3 is 50.5 Å². The maximum absolute atomic E-state index is 13.1. The number of hydrogen-bond donors (Lipinski definition) is 8. The van der Waals surface area contributed by atoms with Gasteiger partial charge in [0.15, 0.2) is 6.29 Å². The molecular formula is C48H89NO10. The topological polar surface area (TPSA) is 189 Å². The summed E-state index contributed by atoms with van der Waals surface area (Å²) in [7, 11) is 0. The number of nitrogens with one attached hydrogen (secondary N) is 1. The Bertz CT molecular complexity index is 1050. The van der Waals surface area contributed by atoms with Gasteiger partial charge >= 0.3 is 0 Å². The van der Waals surface area contributed by atoms with E-state index in [2.05, 4.69) is 55.6 Å². The molecule has 0 aromatic heterocycles. The van der Waals surface area contributed by atoms with Gasteiger partial charge in [0, 0.05) is 0 Å². The molecule has 0 bridgehead atoms. The summed E-state index contributed by atoms with van der Waals surface area (Å²) >= 11 is 0. The lowest BCUT2D eigenvalue weighted by Gasteiger charge is -2.40. The van der Waals surface area contributed by atoms with Gasteiger partial charge in [-0.05, 0) is 64.2 Å². The number of aliphatic hydroxyl groups excluding tert-OH is 7. The van der Waals surface area contributed by atoms with E-state index >= 15 is 0 Å². The van der Waals surface area contributed by atoms with Crippen molar-refractivity contribution in [3.05, 3.63) is 36.5 Å². The molecule has 1 heterocycles. The lowest BCUT2D eigenvalue weighted by Crippen LogP contribution is -2.60. The van der Waals surface area contributed by atoms with Crippen molar-refractivity contribution in [3.8, 4) is 0 Å². The van der Waals surface area contributed by atoms with Crippen LogP contribution in [-0.2, 0) is 14.3 Å². The zero-order valence-corrected chi connectivity index (χ0v) is 37.2. The Labute approximate surface area is 358 Å². The van der Waals surface area contributed by atoms with Crippen molar-refractivity contribution in [2.45, 2.75) is 249 Å². The van der Waals surface area contributed by atoms with E-state index in [0.717, 1.165) is 44.9 Å². The summed E-state index contributed by atoms with van der Waals surface area (Å²) in [6, 6.07) is -1.19. The van der Waals surface area contributed by atoms with Gasteiger partial charge in [-0.15, -0.1) is 0 Å². The molecule has 1 aliphatic rings. The zero-order valence-electron chi connectivity index (χ0n) is 37.2. The Kier molecular flexibility index (Phi) is 35.7. The van der Waals surface area contributed by atoms with Crippen molar-refractivity contribution in [2.24, 2.45) is 0 Å². The minimum absolute atomic E-state index is 0.242. The quantitative estimate of drug-likeness (QED) is 0.0223. The first kappa shape index (κ1) is 55.3. The zero-order chi connectivity index (χ0) is 43.4.